The minimum atomic E-state index is 0. The van der Waals surface area contributed by atoms with Crippen LogP contribution in [0.25, 0.3) is 0 Å². The zero-order valence-electron chi connectivity index (χ0n) is 16.8. The molecule has 2 aromatic rings. The van der Waals surface area contributed by atoms with Gasteiger partial charge >= 0.3 is 0 Å². The fourth-order valence-corrected chi connectivity index (χ4v) is 3.05. The Bertz CT molecular complexity index is 794. The highest BCUT2D eigenvalue weighted by Gasteiger charge is 2.22. The predicted molar refractivity (Wildman–Crippen MR) is 119 cm³/mol. The van der Waals surface area contributed by atoms with E-state index in [1.807, 2.05) is 36.7 Å². The van der Waals surface area contributed by atoms with Crippen molar-refractivity contribution in [2.45, 2.75) is 38.9 Å². The summed E-state index contributed by atoms with van der Waals surface area (Å²) in [7, 11) is 3.64. The first-order valence-electron chi connectivity index (χ1n) is 9.21. The van der Waals surface area contributed by atoms with Crippen LogP contribution in [0.3, 0.4) is 0 Å². The van der Waals surface area contributed by atoms with E-state index in [2.05, 4.69) is 33.8 Å². The van der Waals surface area contributed by atoms with Gasteiger partial charge in [0.25, 0.3) is 0 Å². The SMILES string of the molecule is COCC(C)NC(=NCc1nnc(C)n1C)NC1CCOc2ccccc21.I. The number of benzene rings is 1. The number of methoxy groups -OCH3 is 1. The summed E-state index contributed by atoms with van der Waals surface area (Å²) in [6, 6.07) is 8.38. The maximum absolute atomic E-state index is 5.76. The Morgan fingerprint density at radius 3 is 2.89 bits per heavy atom. The maximum atomic E-state index is 5.76. The molecular formula is C19H29IN6O2. The standard InChI is InChI=1S/C19H28N6O2.HI/c1-13(12-26-4)21-19(20-11-18-24-23-14(2)25(18)3)22-16-9-10-27-17-8-6-5-7-15(16)17;/h5-8,13,16H,9-12H2,1-4H3,(H2,20,21,22);1H. The molecule has 0 saturated carbocycles. The van der Waals surface area contributed by atoms with Crippen LogP contribution in [0.1, 0.15) is 36.6 Å². The van der Waals surface area contributed by atoms with Gasteiger partial charge in [-0.25, -0.2) is 4.99 Å². The van der Waals surface area contributed by atoms with E-state index in [1.165, 1.54) is 0 Å². The number of guanidine groups is 1. The van der Waals surface area contributed by atoms with Gasteiger partial charge in [-0.1, -0.05) is 18.2 Å². The summed E-state index contributed by atoms with van der Waals surface area (Å²) < 4.78 is 13.0. The maximum Gasteiger partial charge on any atom is 0.192 e. The first-order chi connectivity index (χ1) is 13.1. The lowest BCUT2D eigenvalue weighted by Gasteiger charge is -2.29. The van der Waals surface area contributed by atoms with Crippen molar-refractivity contribution in [3.05, 3.63) is 41.5 Å². The number of aryl methyl sites for hydroxylation is 1. The van der Waals surface area contributed by atoms with Crippen LogP contribution < -0.4 is 15.4 Å². The predicted octanol–water partition coefficient (Wildman–Crippen LogP) is 2.34. The van der Waals surface area contributed by atoms with Crippen LogP contribution >= 0.6 is 24.0 Å². The molecule has 3 rings (SSSR count). The number of halogens is 1. The van der Waals surface area contributed by atoms with Crippen molar-refractivity contribution in [3.8, 4) is 5.75 Å². The van der Waals surface area contributed by atoms with Crippen LogP contribution in [0.15, 0.2) is 29.3 Å². The number of ether oxygens (including phenoxy) is 2. The Hall–Kier alpha value is -1.88. The van der Waals surface area contributed by atoms with E-state index in [0.717, 1.165) is 35.3 Å². The summed E-state index contributed by atoms with van der Waals surface area (Å²) in [5.41, 5.74) is 1.15. The number of rotatable bonds is 6. The molecule has 1 aromatic heterocycles. The van der Waals surface area contributed by atoms with Gasteiger partial charge in [-0.3, -0.25) is 0 Å². The molecule has 2 N–H and O–H groups in total. The Kier molecular flexibility index (Phi) is 8.49. The lowest BCUT2D eigenvalue weighted by molar-refractivity contribution is 0.178. The number of para-hydroxylation sites is 1. The molecule has 0 aliphatic carbocycles. The molecule has 9 heteroatoms. The molecule has 154 valence electrons. The number of aromatic nitrogens is 3. The van der Waals surface area contributed by atoms with E-state index >= 15 is 0 Å². The number of aliphatic imine (C=N–C) groups is 1. The van der Waals surface area contributed by atoms with E-state index < -0.39 is 0 Å². The first kappa shape index (κ1) is 22.4. The molecule has 2 atom stereocenters. The summed E-state index contributed by atoms with van der Waals surface area (Å²) in [6.45, 7) is 5.70. The van der Waals surface area contributed by atoms with Crippen molar-refractivity contribution in [3.63, 3.8) is 0 Å². The minimum absolute atomic E-state index is 0. The van der Waals surface area contributed by atoms with Gasteiger partial charge < -0.3 is 24.7 Å². The van der Waals surface area contributed by atoms with Crippen molar-refractivity contribution in [1.82, 2.24) is 25.4 Å². The summed E-state index contributed by atoms with van der Waals surface area (Å²) in [5, 5.41) is 15.2. The molecule has 0 radical (unpaired) electrons. The second-order valence-electron chi connectivity index (χ2n) is 6.76. The molecule has 1 aliphatic heterocycles. The summed E-state index contributed by atoms with van der Waals surface area (Å²) >= 11 is 0. The van der Waals surface area contributed by atoms with Gasteiger partial charge in [0.1, 0.15) is 18.1 Å². The number of fused-ring (bicyclic) bond motifs is 1. The van der Waals surface area contributed by atoms with Crippen LogP contribution in [0.4, 0.5) is 0 Å². The van der Waals surface area contributed by atoms with Gasteiger partial charge in [-0.2, -0.15) is 0 Å². The number of hydrogen-bond acceptors (Lipinski definition) is 5. The molecule has 0 spiro atoms. The molecule has 1 aliphatic rings. The largest absolute Gasteiger partial charge is 0.493 e. The smallest absolute Gasteiger partial charge is 0.192 e. The lowest BCUT2D eigenvalue weighted by Crippen LogP contribution is -2.46. The highest BCUT2D eigenvalue weighted by atomic mass is 127. The minimum Gasteiger partial charge on any atom is -0.493 e. The van der Waals surface area contributed by atoms with E-state index in [-0.39, 0.29) is 36.1 Å². The molecule has 2 unspecified atom stereocenters. The van der Waals surface area contributed by atoms with Crippen LogP contribution in [0, 0.1) is 6.92 Å². The highest BCUT2D eigenvalue weighted by Crippen LogP contribution is 2.31. The lowest BCUT2D eigenvalue weighted by atomic mass is 10.0. The van der Waals surface area contributed by atoms with Gasteiger partial charge in [0.2, 0.25) is 0 Å². The fourth-order valence-electron chi connectivity index (χ4n) is 3.05. The van der Waals surface area contributed by atoms with Gasteiger partial charge in [0.05, 0.1) is 19.3 Å². The topological polar surface area (TPSA) is 85.6 Å². The van der Waals surface area contributed by atoms with E-state index in [9.17, 15) is 0 Å². The average molecular weight is 500 g/mol. The summed E-state index contributed by atoms with van der Waals surface area (Å²) in [4.78, 5) is 4.73. The monoisotopic (exact) mass is 500 g/mol. The molecule has 0 saturated heterocycles. The zero-order chi connectivity index (χ0) is 19.2. The molecule has 0 fully saturated rings. The molecule has 2 heterocycles. The van der Waals surface area contributed by atoms with Crippen LogP contribution in [0.5, 0.6) is 5.75 Å². The molecule has 0 bridgehead atoms. The summed E-state index contributed by atoms with van der Waals surface area (Å²) in [5.74, 6) is 3.34. The molecule has 1 aromatic carbocycles. The van der Waals surface area contributed by atoms with Gasteiger partial charge in [0.15, 0.2) is 11.8 Å². The van der Waals surface area contributed by atoms with Crippen LogP contribution in [0.2, 0.25) is 0 Å². The van der Waals surface area contributed by atoms with Crippen molar-refractivity contribution >= 4 is 29.9 Å². The summed E-state index contributed by atoms with van der Waals surface area (Å²) in [6.07, 6.45) is 0.874. The molecular weight excluding hydrogens is 471 g/mol. The third-order valence-electron chi connectivity index (χ3n) is 4.63. The van der Waals surface area contributed by atoms with Crippen LogP contribution in [-0.2, 0) is 18.3 Å². The van der Waals surface area contributed by atoms with Crippen LogP contribution in [-0.4, -0.2) is 47.1 Å². The van der Waals surface area contributed by atoms with Crippen molar-refractivity contribution in [1.29, 1.82) is 0 Å². The number of nitrogens with zero attached hydrogens (tertiary/aromatic N) is 4. The fraction of sp³-hybridized carbons (Fsp3) is 0.526. The van der Waals surface area contributed by atoms with Gasteiger partial charge in [0, 0.05) is 32.2 Å². The number of hydrogen-bond donors (Lipinski definition) is 2. The van der Waals surface area contributed by atoms with Crippen molar-refractivity contribution < 1.29 is 9.47 Å². The van der Waals surface area contributed by atoms with Crippen molar-refractivity contribution in [2.75, 3.05) is 20.3 Å². The molecule has 0 amide bonds. The third-order valence-corrected chi connectivity index (χ3v) is 4.63. The van der Waals surface area contributed by atoms with Crippen molar-refractivity contribution in [2.24, 2.45) is 12.0 Å². The Balaban J connectivity index is 0.00000280. The zero-order valence-corrected chi connectivity index (χ0v) is 19.1. The highest BCUT2D eigenvalue weighted by molar-refractivity contribution is 14.0. The van der Waals surface area contributed by atoms with Gasteiger partial charge in [-0.15, -0.1) is 34.2 Å². The normalized spacial score (nSPS) is 17.1. The Morgan fingerprint density at radius 2 is 2.18 bits per heavy atom. The first-order valence-corrected chi connectivity index (χ1v) is 9.21. The van der Waals surface area contributed by atoms with E-state index in [4.69, 9.17) is 14.5 Å². The average Bonchev–Trinajstić information content (AvgIpc) is 2.98. The second kappa shape index (κ2) is 10.6. The van der Waals surface area contributed by atoms with E-state index in [0.29, 0.717) is 19.8 Å². The molecule has 28 heavy (non-hydrogen) atoms. The third kappa shape index (κ3) is 5.57. The number of nitrogens with one attached hydrogen (secondary N) is 2. The van der Waals surface area contributed by atoms with Gasteiger partial charge in [-0.05, 0) is 19.9 Å². The van der Waals surface area contributed by atoms with E-state index in [1.54, 1.807) is 7.11 Å². The molecule has 8 nitrogen and oxygen atoms in total. The Morgan fingerprint density at radius 1 is 1.39 bits per heavy atom. The Labute approximate surface area is 183 Å². The quantitative estimate of drug-likeness (QED) is 0.360. The second-order valence-corrected chi connectivity index (χ2v) is 6.76.